The first-order chi connectivity index (χ1) is 8.15. The summed E-state index contributed by atoms with van der Waals surface area (Å²) in [6.45, 7) is 3.52. The predicted molar refractivity (Wildman–Crippen MR) is 58.3 cm³/mol. The van der Waals surface area contributed by atoms with Crippen LogP contribution in [0.4, 0.5) is 0 Å². The van der Waals surface area contributed by atoms with Crippen molar-refractivity contribution in [2.24, 2.45) is 0 Å². The molecule has 1 aliphatic heterocycles. The van der Waals surface area contributed by atoms with Crippen molar-refractivity contribution >= 4 is 5.91 Å². The third kappa shape index (κ3) is 2.45. The van der Waals surface area contributed by atoms with Crippen LogP contribution in [0.5, 0.6) is 0 Å². The lowest BCUT2D eigenvalue weighted by atomic mass is 9.94. The lowest BCUT2D eigenvalue weighted by Crippen LogP contribution is -2.43. The second-order valence-corrected chi connectivity index (χ2v) is 4.09. The SMILES string of the molecule is CCNC(=O)c1noc(C2(O)CCCNC2)n1. The zero-order valence-corrected chi connectivity index (χ0v) is 9.69. The number of hydrogen-bond donors (Lipinski definition) is 3. The van der Waals surface area contributed by atoms with E-state index in [9.17, 15) is 9.90 Å². The zero-order valence-electron chi connectivity index (χ0n) is 9.69. The van der Waals surface area contributed by atoms with Crippen molar-refractivity contribution in [3.63, 3.8) is 0 Å². The van der Waals surface area contributed by atoms with Gasteiger partial charge in [-0.1, -0.05) is 5.16 Å². The summed E-state index contributed by atoms with van der Waals surface area (Å²) in [5.74, 6) is -0.332. The van der Waals surface area contributed by atoms with Crippen molar-refractivity contribution in [3.8, 4) is 0 Å². The van der Waals surface area contributed by atoms with Gasteiger partial charge in [0.05, 0.1) is 0 Å². The molecule has 1 fully saturated rings. The molecule has 1 aromatic rings. The van der Waals surface area contributed by atoms with E-state index >= 15 is 0 Å². The van der Waals surface area contributed by atoms with E-state index in [4.69, 9.17) is 4.52 Å². The van der Waals surface area contributed by atoms with Gasteiger partial charge in [0.1, 0.15) is 0 Å². The van der Waals surface area contributed by atoms with Crippen molar-refractivity contribution in [2.45, 2.75) is 25.4 Å². The lowest BCUT2D eigenvalue weighted by Gasteiger charge is -2.28. The van der Waals surface area contributed by atoms with E-state index in [-0.39, 0.29) is 11.7 Å². The molecule has 0 bridgehead atoms. The topological polar surface area (TPSA) is 100 Å². The molecular weight excluding hydrogens is 224 g/mol. The Morgan fingerprint density at radius 1 is 1.71 bits per heavy atom. The highest BCUT2D eigenvalue weighted by atomic mass is 16.5. The summed E-state index contributed by atoms with van der Waals surface area (Å²) in [6, 6.07) is 0. The Balaban J connectivity index is 2.14. The number of hydrogen-bond acceptors (Lipinski definition) is 6. The quantitative estimate of drug-likeness (QED) is 0.651. The molecule has 1 aliphatic rings. The number of piperidine rings is 1. The molecule has 1 unspecified atom stereocenters. The average molecular weight is 240 g/mol. The highest BCUT2D eigenvalue weighted by Gasteiger charge is 2.37. The minimum Gasteiger partial charge on any atom is -0.379 e. The minimum absolute atomic E-state index is 0.0409. The molecule has 0 saturated carbocycles. The molecule has 7 nitrogen and oxygen atoms in total. The first-order valence-electron chi connectivity index (χ1n) is 5.71. The van der Waals surface area contributed by atoms with E-state index in [1.54, 1.807) is 6.92 Å². The van der Waals surface area contributed by atoms with E-state index < -0.39 is 11.5 Å². The largest absolute Gasteiger partial charge is 0.379 e. The maximum atomic E-state index is 11.5. The molecule has 1 amide bonds. The summed E-state index contributed by atoms with van der Waals surface area (Å²) in [5.41, 5.74) is -1.16. The van der Waals surface area contributed by atoms with Gasteiger partial charge in [-0.15, -0.1) is 0 Å². The Morgan fingerprint density at radius 3 is 3.18 bits per heavy atom. The summed E-state index contributed by atoms with van der Waals surface area (Å²) in [5, 5.41) is 19.5. The summed E-state index contributed by atoms with van der Waals surface area (Å²) in [6.07, 6.45) is 1.38. The van der Waals surface area contributed by atoms with E-state index in [2.05, 4.69) is 20.8 Å². The number of amides is 1. The van der Waals surface area contributed by atoms with Crippen LogP contribution in [0.3, 0.4) is 0 Å². The highest BCUT2D eigenvalue weighted by molar-refractivity contribution is 5.90. The van der Waals surface area contributed by atoms with Gasteiger partial charge in [-0.3, -0.25) is 4.79 Å². The second kappa shape index (κ2) is 4.80. The Labute approximate surface area is 98.6 Å². The first-order valence-corrected chi connectivity index (χ1v) is 5.71. The summed E-state index contributed by atoms with van der Waals surface area (Å²) < 4.78 is 4.96. The van der Waals surface area contributed by atoms with E-state index in [0.29, 0.717) is 19.5 Å². The molecule has 2 rings (SSSR count). The zero-order chi connectivity index (χ0) is 12.3. The van der Waals surface area contributed by atoms with Crippen LogP contribution in [-0.4, -0.2) is 40.8 Å². The number of aliphatic hydroxyl groups is 1. The van der Waals surface area contributed by atoms with Gasteiger partial charge >= 0.3 is 0 Å². The number of carbonyl (C=O) groups is 1. The molecule has 17 heavy (non-hydrogen) atoms. The van der Waals surface area contributed by atoms with Gasteiger partial charge in [-0.25, -0.2) is 0 Å². The number of nitrogens with zero attached hydrogens (tertiary/aromatic N) is 2. The van der Waals surface area contributed by atoms with Crippen LogP contribution in [0.1, 0.15) is 36.3 Å². The molecule has 0 spiro atoms. The molecule has 0 radical (unpaired) electrons. The second-order valence-electron chi connectivity index (χ2n) is 4.09. The maximum Gasteiger partial charge on any atom is 0.292 e. The van der Waals surface area contributed by atoms with E-state index in [0.717, 1.165) is 13.0 Å². The van der Waals surface area contributed by atoms with Crippen molar-refractivity contribution in [2.75, 3.05) is 19.6 Å². The predicted octanol–water partition coefficient (Wildman–Crippen LogP) is -0.610. The molecule has 0 aromatic carbocycles. The molecule has 3 N–H and O–H groups in total. The van der Waals surface area contributed by atoms with Crippen LogP contribution in [0.2, 0.25) is 0 Å². The highest BCUT2D eigenvalue weighted by Crippen LogP contribution is 2.26. The average Bonchev–Trinajstić information content (AvgIpc) is 2.80. The molecular formula is C10H16N4O3. The number of rotatable bonds is 3. The number of carbonyl (C=O) groups excluding carboxylic acids is 1. The number of β-amino-alcohol motifs (C(OH)–C–C–N with tert-alkyl or cyclic N) is 1. The Bertz CT molecular complexity index is 398. The molecule has 94 valence electrons. The molecule has 1 atom stereocenters. The Kier molecular flexibility index (Phi) is 3.39. The molecule has 7 heteroatoms. The summed E-state index contributed by atoms with van der Waals surface area (Å²) >= 11 is 0. The fraction of sp³-hybridized carbons (Fsp3) is 0.700. The minimum atomic E-state index is -1.16. The molecule has 2 heterocycles. The Morgan fingerprint density at radius 2 is 2.53 bits per heavy atom. The monoisotopic (exact) mass is 240 g/mol. The third-order valence-electron chi connectivity index (χ3n) is 2.73. The van der Waals surface area contributed by atoms with Crippen LogP contribution in [0.25, 0.3) is 0 Å². The van der Waals surface area contributed by atoms with Crippen molar-refractivity contribution in [1.82, 2.24) is 20.8 Å². The van der Waals surface area contributed by atoms with Gasteiger partial charge in [-0.05, 0) is 26.3 Å². The lowest BCUT2D eigenvalue weighted by molar-refractivity contribution is -0.0167. The van der Waals surface area contributed by atoms with E-state index in [1.807, 2.05) is 0 Å². The molecule has 1 saturated heterocycles. The Hall–Kier alpha value is -1.47. The van der Waals surface area contributed by atoms with Gasteiger partial charge < -0.3 is 20.3 Å². The summed E-state index contributed by atoms with van der Waals surface area (Å²) in [4.78, 5) is 15.4. The van der Waals surface area contributed by atoms with Crippen molar-refractivity contribution < 1.29 is 14.4 Å². The van der Waals surface area contributed by atoms with Gasteiger partial charge in [0.15, 0.2) is 5.60 Å². The van der Waals surface area contributed by atoms with Crippen LogP contribution in [0, 0.1) is 0 Å². The fourth-order valence-corrected chi connectivity index (χ4v) is 1.82. The number of nitrogens with one attached hydrogen (secondary N) is 2. The summed E-state index contributed by atoms with van der Waals surface area (Å²) in [7, 11) is 0. The third-order valence-corrected chi connectivity index (χ3v) is 2.73. The fourth-order valence-electron chi connectivity index (χ4n) is 1.82. The van der Waals surface area contributed by atoms with Gasteiger partial charge in [0.25, 0.3) is 17.6 Å². The van der Waals surface area contributed by atoms with Crippen LogP contribution in [0.15, 0.2) is 4.52 Å². The van der Waals surface area contributed by atoms with E-state index in [1.165, 1.54) is 0 Å². The van der Waals surface area contributed by atoms with Crippen LogP contribution < -0.4 is 10.6 Å². The molecule has 1 aromatic heterocycles. The van der Waals surface area contributed by atoms with Crippen LogP contribution in [-0.2, 0) is 5.60 Å². The van der Waals surface area contributed by atoms with Crippen molar-refractivity contribution in [3.05, 3.63) is 11.7 Å². The van der Waals surface area contributed by atoms with Crippen LogP contribution >= 0.6 is 0 Å². The standard InChI is InChI=1S/C10H16N4O3/c1-2-12-8(15)7-13-9(17-14-7)10(16)4-3-5-11-6-10/h11,16H,2-6H2,1H3,(H,12,15). The maximum absolute atomic E-state index is 11.5. The van der Waals surface area contributed by atoms with Gasteiger partial charge in [0.2, 0.25) is 0 Å². The van der Waals surface area contributed by atoms with Crippen molar-refractivity contribution in [1.29, 1.82) is 0 Å². The van der Waals surface area contributed by atoms with Gasteiger partial charge in [-0.2, -0.15) is 4.98 Å². The van der Waals surface area contributed by atoms with Gasteiger partial charge in [0, 0.05) is 13.1 Å². The smallest absolute Gasteiger partial charge is 0.292 e. The molecule has 0 aliphatic carbocycles. The first kappa shape index (κ1) is 12.0. The normalized spacial score (nSPS) is 24.6. The number of aromatic nitrogens is 2.